The molecule has 0 N–H and O–H groups in total. The van der Waals surface area contributed by atoms with E-state index >= 15 is 0 Å². The van der Waals surface area contributed by atoms with Crippen LogP contribution in [0.2, 0.25) is 0 Å². The Kier molecular flexibility index (Phi) is 5.33. The van der Waals surface area contributed by atoms with Gasteiger partial charge in [-0.1, -0.05) is 18.2 Å². The van der Waals surface area contributed by atoms with E-state index in [9.17, 15) is 4.79 Å². The van der Waals surface area contributed by atoms with Crippen LogP contribution >= 0.6 is 0 Å². The smallest absolute Gasteiger partial charge is 0.253 e. The van der Waals surface area contributed by atoms with Gasteiger partial charge in [-0.05, 0) is 53.1 Å². The van der Waals surface area contributed by atoms with Crippen LogP contribution in [0.3, 0.4) is 0 Å². The van der Waals surface area contributed by atoms with Gasteiger partial charge in [0.25, 0.3) is 5.91 Å². The van der Waals surface area contributed by atoms with E-state index in [1.54, 1.807) is 19.1 Å². The van der Waals surface area contributed by atoms with Crippen LogP contribution in [0.15, 0.2) is 54.6 Å². The Bertz CT molecular complexity index is 1180. The van der Waals surface area contributed by atoms with Crippen molar-refractivity contribution in [2.45, 2.75) is 13.2 Å². The summed E-state index contributed by atoms with van der Waals surface area (Å²) in [4.78, 5) is 14.6. The third-order valence-corrected chi connectivity index (χ3v) is 5.65. The van der Waals surface area contributed by atoms with E-state index in [0.717, 1.165) is 33.7 Å². The van der Waals surface area contributed by atoms with Crippen LogP contribution in [0.25, 0.3) is 11.1 Å². The maximum atomic E-state index is 12.8. The summed E-state index contributed by atoms with van der Waals surface area (Å²) in [5.41, 5.74) is 4.74. The molecular formula is C25H23NO6. The second kappa shape index (κ2) is 8.43. The molecule has 2 aliphatic heterocycles. The molecule has 0 bridgehead atoms. The Hall–Kier alpha value is -3.71. The molecular weight excluding hydrogens is 410 g/mol. The van der Waals surface area contributed by atoms with Gasteiger partial charge < -0.3 is 28.6 Å². The Labute approximate surface area is 186 Å². The summed E-state index contributed by atoms with van der Waals surface area (Å²) in [5, 5.41) is 0. The number of hydrogen-bond donors (Lipinski definition) is 0. The molecule has 0 saturated heterocycles. The molecule has 7 nitrogen and oxygen atoms in total. The summed E-state index contributed by atoms with van der Waals surface area (Å²) < 4.78 is 27.3. The average Bonchev–Trinajstić information content (AvgIpc) is 3.24. The van der Waals surface area contributed by atoms with E-state index < -0.39 is 0 Å². The zero-order valence-corrected chi connectivity index (χ0v) is 17.9. The van der Waals surface area contributed by atoms with Gasteiger partial charge in [0.15, 0.2) is 23.0 Å². The van der Waals surface area contributed by atoms with E-state index in [1.807, 2.05) is 48.5 Å². The quantitative estimate of drug-likeness (QED) is 0.602. The molecule has 1 amide bonds. The second-order valence-electron chi connectivity index (χ2n) is 7.57. The zero-order chi connectivity index (χ0) is 22.1. The molecule has 7 heteroatoms. The molecule has 2 heterocycles. The number of methoxy groups -OCH3 is 2. The van der Waals surface area contributed by atoms with Crippen molar-refractivity contribution < 1.29 is 28.5 Å². The van der Waals surface area contributed by atoms with Gasteiger partial charge in [0.2, 0.25) is 6.79 Å². The van der Waals surface area contributed by atoms with E-state index in [-0.39, 0.29) is 19.3 Å². The standard InChI is InChI=1S/C25H23NO6/c1-28-21-8-5-18(11-23(21)29-2)17-4-6-20-19(10-17)13-30-14-25(27)26(20)12-16-3-7-22-24(9-16)32-15-31-22/h3-11H,12-15H2,1-2H3. The first-order valence-electron chi connectivity index (χ1n) is 10.3. The Morgan fingerprint density at radius 1 is 0.844 bits per heavy atom. The van der Waals surface area contributed by atoms with Gasteiger partial charge in [0.05, 0.1) is 27.4 Å². The Morgan fingerprint density at radius 2 is 1.62 bits per heavy atom. The van der Waals surface area contributed by atoms with Crippen LogP contribution < -0.4 is 23.8 Å². The van der Waals surface area contributed by atoms with E-state index in [0.29, 0.717) is 30.4 Å². The summed E-state index contributed by atoms with van der Waals surface area (Å²) in [6.45, 7) is 1.03. The zero-order valence-electron chi connectivity index (χ0n) is 17.9. The van der Waals surface area contributed by atoms with Gasteiger partial charge in [-0.25, -0.2) is 0 Å². The van der Waals surface area contributed by atoms with Crippen molar-refractivity contribution in [3.05, 3.63) is 65.7 Å². The molecule has 32 heavy (non-hydrogen) atoms. The summed E-state index contributed by atoms with van der Waals surface area (Å²) in [6.07, 6.45) is 0. The fourth-order valence-corrected chi connectivity index (χ4v) is 4.02. The fraction of sp³-hybridized carbons (Fsp3) is 0.240. The first-order chi connectivity index (χ1) is 15.7. The molecule has 3 aromatic rings. The van der Waals surface area contributed by atoms with E-state index in [2.05, 4.69) is 6.07 Å². The van der Waals surface area contributed by atoms with Crippen LogP contribution in [0.1, 0.15) is 11.1 Å². The van der Waals surface area contributed by atoms with Crippen LogP contribution in [-0.4, -0.2) is 33.5 Å². The molecule has 0 fully saturated rings. The highest BCUT2D eigenvalue weighted by Gasteiger charge is 2.24. The molecule has 0 spiro atoms. The van der Waals surface area contributed by atoms with Crippen LogP contribution in [0, 0.1) is 0 Å². The molecule has 0 aliphatic carbocycles. The number of ether oxygens (including phenoxy) is 5. The molecule has 0 aromatic heterocycles. The predicted octanol–water partition coefficient (Wildman–Crippen LogP) is 4.16. The van der Waals surface area contributed by atoms with Gasteiger partial charge in [-0.15, -0.1) is 0 Å². The molecule has 5 rings (SSSR count). The highest BCUT2D eigenvalue weighted by atomic mass is 16.7. The molecule has 0 saturated carbocycles. The maximum absolute atomic E-state index is 12.8. The topological polar surface area (TPSA) is 66.5 Å². The van der Waals surface area contributed by atoms with Crippen molar-refractivity contribution in [1.82, 2.24) is 0 Å². The van der Waals surface area contributed by atoms with Crippen LogP contribution in [-0.2, 0) is 22.7 Å². The SMILES string of the molecule is COc1ccc(-c2ccc3c(c2)COCC(=O)N3Cc2ccc3c(c2)OCO3)cc1OC. The number of hydrogen-bond acceptors (Lipinski definition) is 6. The predicted molar refractivity (Wildman–Crippen MR) is 118 cm³/mol. The summed E-state index contributed by atoms with van der Waals surface area (Å²) in [5.74, 6) is 2.68. The van der Waals surface area contributed by atoms with Crippen molar-refractivity contribution >= 4 is 11.6 Å². The number of nitrogens with zero attached hydrogens (tertiary/aromatic N) is 1. The maximum Gasteiger partial charge on any atom is 0.253 e. The third-order valence-electron chi connectivity index (χ3n) is 5.65. The fourth-order valence-electron chi connectivity index (χ4n) is 4.02. The average molecular weight is 433 g/mol. The molecule has 0 unspecified atom stereocenters. The lowest BCUT2D eigenvalue weighted by molar-refractivity contribution is -0.123. The minimum absolute atomic E-state index is 0.0327. The third kappa shape index (κ3) is 3.71. The van der Waals surface area contributed by atoms with Crippen LogP contribution in [0.5, 0.6) is 23.0 Å². The molecule has 0 radical (unpaired) electrons. The number of rotatable bonds is 5. The lowest BCUT2D eigenvalue weighted by Gasteiger charge is -2.23. The highest BCUT2D eigenvalue weighted by Crippen LogP contribution is 2.37. The Balaban J connectivity index is 1.48. The first-order valence-corrected chi connectivity index (χ1v) is 10.3. The normalized spacial score (nSPS) is 14.7. The van der Waals surface area contributed by atoms with Crippen LogP contribution in [0.4, 0.5) is 5.69 Å². The minimum Gasteiger partial charge on any atom is -0.493 e. The number of carbonyl (C=O) groups is 1. The van der Waals surface area contributed by atoms with Crippen molar-refractivity contribution in [2.75, 3.05) is 32.5 Å². The summed E-state index contributed by atoms with van der Waals surface area (Å²) >= 11 is 0. The van der Waals surface area contributed by atoms with E-state index in [4.69, 9.17) is 23.7 Å². The van der Waals surface area contributed by atoms with Gasteiger partial charge in [-0.2, -0.15) is 0 Å². The number of amides is 1. The van der Waals surface area contributed by atoms with E-state index in [1.165, 1.54) is 0 Å². The lowest BCUT2D eigenvalue weighted by atomic mass is 10.0. The number of anilines is 1. The number of benzene rings is 3. The Morgan fingerprint density at radius 3 is 2.47 bits per heavy atom. The van der Waals surface area contributed by atoms with Crippen molar-refractivity contribution in [1.29, 1.82) is 0 Å². The highest BCUT2D eigenvalue weighted by molar-refractivity contribution is 5.96. The largest absolute Gasteiger partial charge is 0.493 e. The number of carbonyl (C=O) groups excluding carboxylic acids is 1. The van der Waals surface area contributed by atoms with Gasteiger partial charge in [0.1, 0.15) is 6.61 Å². The summed E-state index contributed by atoms with van der Waals surface area (Å²) in [6, 6.07) is 17.6. The second-order valence-corrected chi connectivity index (χ2v) is 7.57. The summed E-state index contributed by atoms with van der Waals surface area (Å²) in [7, 11) is 3.23. The van der Waals surface area contributed by atoms with Crippen molar-refractivity contribution in [3.63, 3.8) is 0 Å². The monoisotopic (exact) mass is 433 g/mol. The van der Waals surface area contributed by atoms with Gasteiger partial charge in [0, 0.05) is 11.3 Å². The minimum atomic E-state index is -0.0831. The number of fused-ring (bicyclic) bond motifs is 2. The molecule has 164 valence electrons. The van der Waals surface area contributed by atoms with Crippen molar-refractivity contribution in [3.8, 4) is 34.1 Å². The van der Waals surface area contributed by atoms with Gasteiger partial charge >= 0.3 is 0 Å². The molecule has 0 atom stereocenters. The molecule has 3 aromatic carbocycles. The van der Waals surface area contributed by atoms with Gasteiger partial charge in [-0.3, -0.25) is 4.79 Å². The molecule has 2 aliphatic rings. The lowest BCUT2D eigenvalue weighted by Crippen LogP contribution is -2.32. The first kappa shape index (κ1) is 20.2. The van der Waals surface area contributed by atoms with Crippen molar-refractivity contribution in [2.24, 2.45) is 0 Å².